The summed E-state index contributed by atoms with van der Waals surface area (Å²) >= 11 is 0. The van der Waals surface area contributed by atoms with Gasteiger partial charge in [-0.3, -0.25) is 0 Å². The molecule has 0 fully saturated rings. The Labute approximate surface area is 97.3 Å². The molecule has 2 aromatic rings. The van der Waals surface area contributed by atoms with Crippen LogP contribution in [-0.4, -0.2) is 16.2 Å². The van der Waals surface area contributed by atoms with E-state index < -0.39 is 12.1 Å². The lowest BCUT2D eigenvalue weighted by Gasteiger charge is -2.05. The molecule has 0 saturated heterocycles. The molecular formula is C12H12O5. The predicted octanol–water partition coefficient (Wildman–Crippen LogP) is 2.21. The van der Waals surface area contributed by atoms with E-state index in [4.69, 9.17) is 13.9 Å². The lowest BCUT2D eigenvalue weighted by atomic mass is 10.1. The number of carbonyl (C=O) groups is 1. The quantitative estimate of drug-likeness (QED) is 0.850. The molecule has 2 N–H and O–H groups in total. The number of furan rings is 2. The Morgan fingerprint density at radius 3 is 2.76 bits per heavy atom. The first kappa shape index (κ1) is 11.5. The summed E-state index contributed by atoms with van der Waals surface area (Å²) in [5.41, 5.74) is -0.0630. The highest BCUT2D eigenvalue weighted by molar-refractivity contribution is 5.88. The molecule has 17 heavy (non-hydrogen) atoms. The van der Waals surface area contributed by atoms with Crippen molar-refractivity contribution in [1.82, 2.24) is 0 Å². The van der Waals surface area contributed by atoms with E-state index in [1.165, 1.54) is 12.3 Å². The van der Waals surface area contributed by atoms with Gasteiger partial charge in [0.15, 0.2) is 11.9 Å². The second-order valence-corrected chi connectivity index (χ2v) is 3.56. The number of hydrogen-bond acceptors (Lipinski definition) is 4. The minimum atomic E-state index is -1.20. The van der Waals surface area contributed by atoms with Crippen LogP contribution in [0.1, 0.15) is 40.7 Å². The highest BCUT2D eigenvalue weighted by Gasteiger charge is 2.24. The average molecular weight is 236 g/mol. The van der Waals surface area contributed by atoms with Gasteiger partial charge in [0.25, 0.3) is 0 Å². The summed E-state index contributed by atoms with van der Waals surface area (Å²) in [7, 11) is 0. The number of rotatable bonds is 4. The standard InChI is InChI=1S/C12H12O5/c1-2-7-3-4-9(17-7)10(13)11-8(12(14)15)5-6-16-11/h3-6,10,13H,2H2,1H3,(H,14,15). The van der Waals surface area contributed by atoms with Gasteiger partial charge in [0.1, 0.15) is 17.1 Å². The number of hydrogen-bond donors (Lipinski definition) is 2. The molecule has 90 valence electrons. The van der Waals surface area contributed by atoms with E-state index in [9.17, 15) is 9.90 Å². The third-order valence-electron chi connectivity index (χ3n) is 2.47. The first-order valence-corrected chi connectivity index (χ1v) is 5.20. The summed E-state index contributed by atoms with van der Waals surface area (Å²) in [5, 5.41) is 18.9. The molecule has 2 rings (SSSR count). The summed E-state index contributed by atoms with van der Waals surface area (Å²) in [5.74, 6) is -0.161. The Bertz CT molecular complexity index is 522. The summed E-state index contributed by atoms with van der Waals surface area (Å²) in [6.45, 7) is 1.92. The third kappa shape index (κ3) is 2.09. The Balaban J connectivity index is 2.33. The maximum atomic E-state index is 10.9. The number of aromatic carboxylic acids is 1. The third-order valence-corrected chi connectivity index (χ3v) is 2.47. The molecule has 0 radical (unpaired) electrons. The van der Waals surface area contributed by atoms with Crippen LogP contribution in [0.3, 0.4) is 0 Å². The second-order valence-electron chi connectivity index (χ2n) is 3.56. The Morgan fingerprint density at radius 2 is 2.18 bits per heavy atom. The van der Waals surface area contributed by atoms with Gasteiger partial charge in [-0.25, -0.2) is 4.79 Å². The molecule has 0 aliphatic heterocycles. The van der Waals surface area contributed by atoms with Crippen LogP contribution in [0, 0.1) is 0 Å². The summed E-state index contributed by atoms with van der Waals surface area (Å²) in [6.07, 6.45) is 0.735. The largest absolute Gasteiger partial charge is 0.478 e. The maximum absolute atomic E-state index is 10.9. The highest BCUT2D eigenvalue weighted by atomic mass is 16.4. The molecule has 0 aliphatic rings. The molecule has 0 bridgehead atoms. The second kappa shape index (κ2) is 4.47. The van der Waals surface area contributed by atoms with E-state index in [-0.39, 0.29) is 17.1 Å². The lowest BCUT2D eigenvalue weighted by molar-refractivity contribution is 0.0685. The van der Waals surface area contributed by atoms with E-state index in [1.807, 2.05) is 6.92 Å². The zero-order chi connectivity index (χ0) is 12.4. The van der Waals surface area contributed by atoms with Crippen molar-refractivity contribution in [3.8, 4) is 0 Å². The van der Waals surface area contributed by atoms with Gasteiger partial charge in [-0.05, 0) is 18.2 Å². The van der Waals surface area contributed by atoms with Crippen molar-refractivity contribution in [2.24, 2.45) is 0 Å². The van der Waals surface area contributed by atoms with Crippen molar-refractivity contribution in [3.05, 3.63) is 47.3 Å². The predicted molar refractivity (Wildman–Crippen MR) is 57.8 cm³/mol. The molecule has 0 spiro atoms. The lowest BCUT2D eigenvalue weighted by Crippen LogP contribution is -2.04. The number of carboxylic acid groups (broad SMARTS) is 1. The van der Waals surface area contributed by atoms with Crippen LogP contribution in [0.15, 0.2) is 33.3 Å². The van der Waals surface area contributed by atoms with Gasteiger partial charge >= 0.3 is 5.97 Å². The van der Waals surface area contributed by atoms with E-state index in [0.717, 1.165) is 5.76 Å². The fourth-order valence-corrected chi connectivity index (χ4v) is 1.57. The van der Waals surface area contributed by atoms with Gasteiger partial charge in [-0.1, -0.05) is 6.92 Å². The van der Waals surface area contributed by atoms with Crippen LogP contribution < -0.4 is 0 Å². The molecule has 2 aromatic heterocycles. The van der Waals surface area contributed by atoms with Crippen molar-refractivity contribution >= 4 is 5.97 Å². The molecule has 1 atom stereocenters. The van der Waals surface area contributed by atoms with Gasteiger partial charge in [0.2, 0.25) is 0 Å². The molecule has 0 aromatic carbocycles. The SMILES string of the molecule is CCc1ccc(C(O)c2occc2C(=O)O)o1. The monoisotopic (exact) mass is 236 g/mol. The first-order valence-electron chi connectivity index (χ1n) is 5.20. The molecule has 0 saturated carbocycles. The van der Waals surface area contributed by atoms with Crippen LogP contribution >= 0.6 is 0 Å². The van der Waals surface area contributed by atoms with Crippen molar-refractivity contribution in [1.29, 1.82) is 0 Å². The Kier molecular flexibility index (Phi) is 3.01. The molecule has 0 amide bonds. The van der Waals surface area contributed by atoms with Gasteiger partial charge < -0.3 is 19.0 Å². The summed E-state index contributed by atoms with van der Waals surface area (Å²) < 4.78 is 10.3. The molecule has 5 nitrogen and oxygen atoms in total. The number of carboxylic acids is 1. The number of aryl methyl sites for hydroxylation is 1. The molecule has 5 heteroatoms. The van der Waals surface area contributed by atoms with E-state index in [2.05, 4.69) is 0 Å². The molecule has 0 aliphatic carbocycles. The van der Waals surface area contributed by atoms with E-state index >= 15 is 0 Å². The fraction of sp³-hybridized carbons (Fsp3) is 0.250. The van der Waals surface area contributed by atoms with Crippen molar-refractivity contribution in [2.45, 2.75) is 19.4 Å². The first-order chi connectivity index (χ1) is 8.13. The maximum Gasteiger partial charge on any atom is 0.339 e. The molecular weight excluding hydrogens is 224 g/mol. The highest BCUT2D eigenvalue weighted by Crippen LogP contribution is 2.27. The minimum absolute atomic E-state index is 0.0190. The molecule has 2 heterocycles. The van der Waals surface area contributed by atoms with Crippen LogP contribution in [0.2, 0.25) is 0 Å². The van der Waals surface area contributed by atoms with Crippen LogP contribution in [-0.2, 0) is 6.42 Å². The van der Waals surface area contributed by atoms with Gasteiger partial charge in [-0.15, -0.1) is 0 Å². The van der Waals surface area contributed by atoms with Crippen LogP contribution in [0.4, 0.5) is 0 Å². The van der Waals surface area contributed by atoms with Crippen molar-refractivity contribution in [3.63, 3.8) is 0 Å². The number of aliphatic hydroxyl groups is 1. The van der Waals surface area contributed by atoms with Gasteiger partial charge in [0, 0.05) is 6.42 Å². The van der Waals surface area contributed by atoms with E-state index in [1.54, 1.807) is 12.1 Å². The van der Waals surface area contributed by atoms with Crippen molar-refractivity contribution in [2.75, 3.05) is 0 Å². The van der Waals surface area contributed by atoms with Crippen molar-refractivity contribution < 1.29 is 23.8 Å². The fourth-order valence-electron chi connectivity index (χ4n) is 1.57. The smallest absolute Gasteiger partial charge is 0.339 e. The zero-order valence-corrected chi connectivity index (χ0v) is 9.21. The Morgan fingerprint density at radius 1 is 1.41 bits per heavy atom. The summed E-state index contributed by atoms with van der Waals surface area (Å²) in [4.78, 5) is 10.9. The normalized spacial score (nSPS) is 12.6. The van der Waals surface area contributed by atoms with Gasteiger partial charge in [0.05, 0.1) is 6.26 Å². The Hall–Kier alpha value is -2.01. The van der Waals surface area contributed by atoms with Crippen LogP contribution in [0.5, 0.6) is 0 Å². The average Bonchev–Trinajstić information content (AvgIpc) is 2.97. The topological polar surface area (TPSA) is 83.8 Å². The van der Waals surface area contributed by atoms with Gasteiger partial charge in [-0.2, -0.15) is 0 Å². The summed E-state index contributed by atoms with van der Waals surface area (Å²) in [6, 6.07) is 4.64. The zero-order valence-electron chi connectivity index (χ0n) is 9.21. The minimum Gasteiger partial charge on any atom is -0.478 e. The van der Waals surface area contributed by atoms with E-state index in [0.29, 0.717) is 6.42 Å². The van der Waals surface area contributed by atoms with Crippen LogP contribution in [0.25, 0.3) is 0 Å². The molecule has 1 unspecified atom stereocenters. The number of aliphatic hydroxyl groups excluding tert-OH is 1.